The lowest BCUT2D eigenvalue weighted by atomic mass is 10.2. The predicted molar refractivity (Wildman–Crippen MR) is 76.5 cm³/mol. The minimum Gasteiger partial charge on any atom is -0.466 e. The number of methoxy groups -OCH3 is 2. The molecule has 1 aromatic carbocycles. The van der Waals surface area contributed by atoms with Crippen LogP contribution in [0.4, 0.5) is 23.2 Å². The Kier molecular flexibility index (Phi) is 6.58. The van der Waals surface area contributed by atoms with E-state index in [1.165, 1.54) is 0 Å². The first kappa shape index (κ1) is 19.7. The Balaban J connectivity index is 3.38. The Morgan fingerprint density at radius 2 is 1.83 bits per heavy atom. The lowest BCUT2D eigenvalue weighted by Crippen LogP contribution is -2.21. The van der Waals surface area contributed by atoms with Gasteiger partial charge in [0.25, 0.3) is 0 Å². The van der Waals surface area contributed by atoms with Crippen LogP contribution in [0.1, 0.15) is 0 Å². The summed E-state index contributed by atoms with van der Waals surface area (Å²) < 4.78 is 63.3. The first-order valence-electron chi connectivity index (χ1n) is 5.97. The van der Waals surface area contributed by atoms with Gasteiger partial charge in [0.1, 0.15) is 5.70 Å². The maximum atomic E-state index is 13.7. The topological polar surface area (TPSA) is 73.9 Å². The number of hydrogen-bond acceptors (Lipinski definition) is 6. The number of alkyl halides is 3. The van der Waals surface area contributed by atoms with Crippen LogP contribution in [-0.2, 0) is 19.1 Å². The Bertz CT molecular complexity index is 675. The van der Waals surface area contributed by atoms with Gasteiger partial charge >= 0.3 is 18.3 Å². The average Bonchev–Trinajstić information content (AvgIpc) is 2.50. The third-order valence-electron chi connectivity index (χ3n) is 2.40. The number of nitrogens with one attached hydrogen (secondary N) is 1. The number of rotatable bonds is 5. The second-order valence-corrected chi connectivity index (χ2v) is 4.83. The standard InChI is InChI=1S/C13H10BrF4NO5/c1-22-9(20)5-8(12(21)23-2)19-10-6(14)3-4-7(15)11(10)24-13(16,17)18/h3-5,19H,1-2H3/b8-5+. The highest BCUT2D eigenvalue weighted by Gasteiger charge is 2.34. The minimum absolute atomic E-state index is 0.0668. The Morgan fingerprint density at radius 1 is 1.21 bits per heavy atom. The van der Waals surface area contributed by atoms with Crippen LogP contribution in [0.5, 0.6) is 5.75 Å². The van der Waals surface area contributed by atoms with Crippen LogP contribution in [0.3, 0.4) is 0 Å². The van der Waals surface area contributed by atoms with E-state index in [9.17, 15) is 27.2 Å². The van der Waals surface area contributed by atoms with Gasteiger partial charge in [-0.3, -0.25) is 0 Å². The Hall–Kier alpha value is -2.30. The van der Waals surface area contributed by atoms with Crippen molar-refractivity contribution in [3.8, 4) is 5.75 Å². The maximum Gasteiger partial charge on any atom is 0.573 e. The largest absolute Gasteiger partial charge is 0.573 e. The van der Waals surface area contributed by atoms with Crippen molar-refractivity contribution in [2.24, 2.45) is 0 Å². The first-order valence-corrected chi connectivity index (χ1v) is 6.77. The highest BCUT2D eigenvalue weighted by Crippen LogP contribution is 2.39. The summed E-state index contributed by atoms with van der Waals surface area (Å²) in [5.74, 6) is -4.67. The number of carbonyl (C=O) groups is 2. The summed E-state index contributed by atoms with van der Waals surface area (Å²) in [7, 11) is 1.99. The molecule has 1 N–H and O–H groups in total. The van der Waals surface area contributed by atoms with E-state index in [0.717, 1.165) is 26.4 Å². The van der Waals surface area contributed by atoms with Gasteiger partial charge in [-0.05, 0) is 28.1 Å². The maximum absolute atomic E-state index is 13.7. The van der Waals surface area contributed by atoms with E-state index in [4.69, 9.17) is 0 Å². The molecule has 0 bridgehead atoms. The van der Waals surface area contributed by atoms with E-state index >= 15 is 0 Å². The number of benzene rings is 1. The second kappa shape index (κ2) is 7.99. The monoisotopic (exact) mass is 415 g/mol. The first-order chi connectivity index (χ1) is 11.1. The smallest absolute Gasteiger partial charge is 0.466 e. The third-order valence-corrected chi connectivity index (χ3v) is 3.07. The molecule has 1 rings (SSSR count). The number of carbonyl (C=O) groups excluding carboxylic acids is 2. The molecule has 0 aliphatic rings. The summed E-state index contributed by atoms with van der Waals surface area (Å²) >= 11 is 2.90. The predicted octanol–water partition coefficient (Wildman–Crippen LogP) is 3.13. The van der Waals surface area contributed by atoms with E-state index in [-0.39, 0.29) is 4.47 Å². The van der Waals surface area contributed by atoms with Gasteiger partial charge in [-0.15, -0.1) is 13.2 Å². The Labute approximate surface area is 141 Å². The fourth-order valence-electron chi connectivity index (χ4n) is 1.43. The zero-order chi connectivity index (χ0) is 18.5. The summed E-state index contributed by atoms with van der Waals surface area (Å²) in [6.45, 7) is 0. The fourth-order valence-corrected chi connectivity index (χ4v) is 1.84. The summed E-state index contributed by atoms with van der Waals surface area (Å²) in [5, 5.41) is 2.17. The molecule has 0 heterocycles. The van der Waals surface area contributed by atoms with Gasteiger partial charge in [-0.2, -0.15) is 0 Å². The normalized spacial score (nSPS) is 11.7. The molecule has 0 saturated carbocycles. The molecule has 132 valence electrons. The highest BCUT2D eigenvalue weighted by molar-refractivity contribution is 9.10. The van der Waals surface area contributed by atoms with Crippen molar-refractivity contribution in [2.75, 3.05) is 19.5 Å². The molecule has 0 saturated heterocycles. The van der Waals surface area contributed by atoms with Crippen molar-refractivity contribution in [3.05, 3.63) is 34.2 Å². The molecule has 0 aromatic heterocycles. The summed E-state index contributed by atoms with van der Waals surface area (Å²) in [6, 6.07) is 1.80. The van der Waals surface area contributed by atoms with Crippen LogP contribution in [0.15, 0.2) is 28.4 Å². The minimum atomic E-state index is -5.18. The van der Waals surface area contributed by atoms with Gasteiger partial charge < -0.3 is 19.5 Å². The van der Waals surface area contributed by atoms with E-state index < -0.39 is 41.3 Å². The molecule has 0 aliphatic heterocycles. The number of esters is 2. The van der Waals surface area contributed by atoms with Crippen molar-refractivity contribution in [1.29, 1.82) is 0 Å². The van der Waals surface area contributed by atoms with Gasteiger partial charge in [0.05, 0.1) is 26.0 Å². The molecule has 0 radical (unpaired) electrons. The summed E-state index contributed by atoms with van der Waals surface area (Å²) in [6.07, 6.45) is -4.56. The molecule has 1 aromatic rings. The van der Waals surface area contributed by atoms with E-state index in [1.807, 2.05) is 0 Å². The lowest BCUT2D eigenvalue weighted by Gasteiger charge is -2.17. The molecule has 0 unspecified atom stereocenters. The van der Waals surface area contributed by atoms with Crippen LogP contribution in [0, 0.1) is 5.82 Å². The van der Waals surface area contributed by atoms with E-state index in [2.05, 4.69) is 35.5 Å². The molecule has 11 heteroatoms. The zero-order valence-electron chi connectivity index (χ0n) is 12.2. The van der Waals surface area contributed by atoms with Crippen molar-refractivity contribution in [1.82, 2.24) is 0 Å². The van der Waals surface area contributed by atoms with Crippen molar-refractivity contribution >= 4 is 33.6 Å². The Morgan fingerprint density at radius 3 is 2.33 bits per heavy atom. The lowest BCUT2D eigenvalue weighted by molar-refractivity contribution is -0.275. The van der Waals surface area contributed by atoms with E-state index in [1.54, 1.807) is 0 Å². The van der Waals surface area contributed by atoms with Crippen molar-refractivity contribution in [3.63, 3.8) is 0 Å². The zero-order valence-corrected chi connectivity index (χ0v) is 13.7. The quantitative estimate of drug-likeness (QED) is 0.452. The van der Waals surface area contributed by atoms with Crippen LogP contribution in [0.2, 0.25) is 0 Å². The van der Waals surface area contributed by atoms with Gasteiger partial charge in [0, 0.05) is 4.47 Å². The molecule has 6 nitrogen and oxygen atoms in total. The molecule has 24 heavy (non-hydrogen) atoms. The number of anilines is 1. The van der Waals surface area contributed by atoms with Crippen LogP contribution in [-0.4, -0.2) is 32.5 Å². The third kappa shape index (κ3) is 5.41. The molecule has 0 atom stereocenters. The number of halogens is 5. The number of hydrogen-bond donors (Lipinski definition) is 1. The fraction of sp³-hybridized carbons (Fsp3) is 0.231. The molecule has 0 fully saturated rings. The molecule has 0 aliphatic carbocycles. The number of ether oxygens (including phenoxy) is 3. The highest BCUT2D eigenvalue weighted by atomic mass is 79.9. The molecule has 0 spiro atoms. The van der Waals surface area contributed by atoms with E-state index in [0.29, 0.717) is 6.08 Å². The van der Waals surface area contributed by atoms with Gasteiger partial charge in [-0.1, -0.05) is 0 Å². The van der Waals surface area contributed by atoms with Gasteiger partial charge in [-0.25, -0.2) is 14.0 Å². The molecule has 0 amide bonds. The van der Waals surface area contributed by atoms with Crippen molar-refractivity contribution < 1.29 is 41.4 Å². The van der Waals surface area contributed by atoms with Crippen molar-refractivity contribution in [2.45, 2.75) is 6.36 Å². The van der Waals surface area contributed by atoms with Crippen LogP contribution in [0.25, 0.3) is 0 Å². The second-order valence-electron chi connectivity index (χ2n) is 3.98. The molecular weight excluding hydrogens is 406 g/mol. The van der Waals surface area contributed by atoms with Gasteiger partial charge in [0.15, 0.2) is 11.6 Å². The SMILES string of the molecule is COC(=O)/C=C(/Nc1c(Br)ccc(F)c1OC(F)(F)F)C(=O)OC. The van der Waals surface area contributed by atoms with Gasteiger partial charge in [0.2, 0.25) is 0 Å². The summed E-state index contributed by atoms with van der Waals surface area (Å²) in [5.41, 5.74) is -1.17. The average molecular weight is 416 g/mol. The molecular formula is C13H10BrF4NO5. The van der Waals surface area contributed by atoms with Crippen LogP contribution >= 0.6 is 15.9 Å². The van der Waals surface area contributed by atoms with Crippen LogP contribution < -0.4 is 10.1 Å². The summed E-state index contributed by atoms with van der Waals surface area (Å²) in [4.78, 5) is 22.9.